The van der Waals surface area contributed by atoms with Crippen LogP contribution in [0.4, 0.5) is 0 Å². The van der Waals surface area contributed by atoms with Crippen molar-refractivity contribution in [1.82, 2.24) is 15.1 Å². The van der Waals surface area contributed by atoms with Crippen LogP contribution in [-0.4, -0.2) is 34.1 Å². The molecule has 2 heterocycles. The van der Waals surface area contributed by atoms with E-state index in [2.05, 4.69) is 22.3 Å². The van der Waals surface area contributed by atoms with E-state index in [0.29, 0.717) is 18.8 Å². The molecular weight excluding hydrogens is 240 g/mol. The van der Waals surface area contributed by atoms with Crippen LogP contribution >= 0.6 is 0 Å². The summed E-state index contributed by atoms with van der Waals surface area (Å²) < 4.78 is 0. The number of carbonyl (C=O) groups excluding carboxylic acids is 1. The third kappa shape index (κ3) is 2.02. The first-order valence-electron chi connectivity index (χ1n) is 6.39. The molecule has 1 aliphatic heterocycles. The maximum atomic E-state index is 12.4. The van der Waals surface area contributed by atoms with E-state index < -0.39 is 0 Å². The second kappa shape index (κ2) is 4.85. The van der Waals surface area contributed by atoms with Gasteiger partial charge in [0.1, 0.15) is 5.69 Å². The van der Waals surface area contributed by atoms with Crippen LogP contribution in [0.15, 0.2) is 36.5 Å². The van der Waals surface area contributed by atoms with Gasteiger partial charge in [-0.15, -0.1) is 0 Å². The van der Waals surface area contributed by atoms with Crippen LogP contribution in [0.3, 0.4) is 0 Å². The van der Waals surface area contributed by atoms with Gasteiger partial charge in [0, 0.05) is 19.3 Å². The van der Waals surface area contributed by atoms with E-state index in [0.717, 1.165) is 12.0 Å². The maximum absolute atomic E-state index is 12.4. The second-order valence-electron chi connectivity index (χ2n) is 4.67. The highest BCUT2D eigenvalue weighted by molar-refractivity contribution is 5.92. The predicted octanol–water partition coefficient (Wildman–Crippen LogP) is 1.11. The highest BCUT2D eigenvalue weighted by Crippen LogP contribution is 2.29. The maximum Gasteiger partial charge on any atom is 0.272 e. The molecule has 5 heteroatoms. The van der Waals surface area contributed by atoms with Gasteiger partial charge in [-0.25, -0.2) is 0 Å². The van der Waals surface area contributed by atoms with Crippen LogP contribution in [0, 0.1) is 0 Å². The van der Waals surface area contributed by atoms with Crippen molar-refractivity contribution in [2.45, 2.75) is 12.5 Å². The number of nitrogens with zero attached hydrogens (tertiary/aromatic N) is 2. The largest absolute Gasteiger partial charge is 0.329 e. The zero-order valence-electron chi connectivity index (χ0n) is 10.5. The van der Waals surface area contributed by atoms with Crippen LogP contribution in [0.25, 0.3) is 0 Å². The molecule has 1 aromatic heterocycles. The standard InChI is InChI=1S/C14H16N4O/c15-9-13-11-4-2-1-3-10(11)6-8-18(13)14(19)12-5-7-16-17-12/h1-5,7,13H,6,8-9,15H2,(H,16,17). The highest BCUT2D eigenvalue weighted by Gasteiger charge is 2.30. The van der Waals surface area contributed by atoms with Gasteiger partial charge in [0.2, 0.25) is 0 Å². The number of fused-ring (bicyclic) bond motifs is 1. The zero-order valence-corrected chi connectivity index (χ0v) is 10.5. The van der Waals surface area contributed by atoms with E-state index in [-0.39, 0.29) is 11.9 Å². The minimum Gasteiger partial charge on any atom is -0.329 e. The average Bonchev–Trinajstić information content (AvgIpc) is 2.99. The molecule has 1 unspecified atom stereocenters. The summed E-state index contributed by atoms with van der Waals surface area (Å²) in [5.74, 6) is -0.0394. The normalized spacial score (nSPS) is 18.2. The van der Waals surface area contributed by atoms with Gasteiger partial charge in [-0.1, -0.05) is 24.3 Å². The van der Waals surface area contributed by atoms with Gasteiger partial charge in [-0.3, -0.25) is 9.89 Å². The molecule has 1 aliphatic rings. The Morgan fingerprint density at radius 1 is 1.42 bits per heavy atom. The molecule has 3 rings (SSSR count). The molecule has 19 heavy (non-hydrogen) atoms. The number of hydrogen-bond donors (Lipinski definition) is 2. The fourth-order valence-corrected chi connectivity index (χ4v) is 2.68. The van der Waals surface area contributed by atoms with Crippen molar-refractivity contribution >= 4 is 5.91 Å². The van der Waals surface area contributed by atoms with Crippen molar-refractivity contribution < 1.29 is 4.79 Å². The third-order valence-electron chi connectivity index (χ3n) is 3.63. The Kier molecular flexibility index (Phi) is 3.05. The van der Waals surface area contributed by atoms with Crippen LogP contribution < -0.4 is 5.73 Å². The van der Waals surface area contributed by atoms with Gasteiger partial charge in [-0.05, 0) is 23.6 Å². The van der Waals surface area contributed by atoms with Crippen LogP contribution in [0.2, 0.25) is 0 Å². The summed E-state index contributed by atoms with van der Waals surface area (Å²) >= 11 is 0. The lowest BCUT2D eigenvalue weighted by atomic mass is 9.92. The lowest BCUT2D eigenvalue weighted by molar-refractivity contribution is 0.0661. The number of nitrogens with two attached hydrogens (primary N) is 1. The molecule has 98 valence electrons. The van der Waals surface area contributed by atoms with Gasteiger partial charge in [0.05, 0.1) is 6.04 Å². The molecule has 2 aromatic rings. The summed E-state index contributed by atoms with van der Waals surface area (Å²) in [7, 11) is 0. The Bertz CT molecular complexity index is 579. The Morgan fingerprint density at radius 3 is 3.00 bits per heavy atom. The fourth-order valence-electron chi connectivity index (χ4n) is 2.68. The predicted molar refractivity (Wildman–Crippen MR) is 71.6 cm³/mol. The second-order valence-corrected chi connectivity index (χ2v) is 4.67. The van der Waals surface area contributed by atoms with Gasteiger partial charge in [-0.2, -0.15) is 5.10 Å². The van der Waals surface area contributed by atoms with Gasteiger partial charge >= 0.3 is 0 Å². The van der Waals surface area contributed by atoms with E-state index in [9.17, 15) is 4.79 Å². The van der Waals surface area contributed by atoms with Crippen molar-refractivity contribution in [3.8, 4) is 0 Å². The average molecular weight is 256 g/mol. The van der Waals surface area contributed by atoms with Crippen LogP contribution in [0.1, 0.15) is 27.7 Å². The molecule has 0 fully saturated rings. The van der Waals surface area contributed by atoms with E-state index in [1.807, 2.05) is 17.0 Å². The monoisotopic (exact) mass is 256 g/mol. The summed E-state index contributed by atoms with van der Waals surface area (Å²) in [6.45, 7) is 1.12. The first-order chi connectivity index (χ1) is 9.31. The smallest absolute Gasteiger partial charge is 0.272 e. The summed E-state index contributed by atoms with van der Waals surface area (Å²) in [5.41, 5.74) is 8.83. The molecule has 0 saturated carbocycles. The molecule has 0 aliphatic carbocycles. The van der Waals surface area contributed by atoms with Crippen LogP contribution in [0.5, 0.6) is 0 Å². The number of aromatic nitrogens is 2. The van der Waals surface area contributed by atoms with Crippen molar-refractivity contribution in [1.29, 1.82) is 0 Å². The van der Waals surface area contributed by atoms with Gasteiger partial charge < -0.3 is 10.6 Å². The van der Waals surface area contributed by atoms with Gasteiger partial charge in [0.25, 0.3) is 5.91 Å². The van der Waals surface area contributed by atoms with Crippen molar-refractivity contribution in [2.24, 2.45) is 5.73 Å². The first kappa shape index (κ1) is 11.9. The Labute approximate surface area is 111 Å². The number of rotatable bonds is 2. The minimum atomic E-state index is -0.0549. The van der Waals surface area contributed by atoms with Crippen LogP contribution in [-0.2, 0) is 6.42 Å². The lowest BCUT2D eigenvalue weighted by Crippen LogP contribution is -2.43. The summed E-state index contributed by atoms with van der Waals surface area (Å²) in [5, 5.41) is 6.55. The number of hydrogen-bond acceptors (Lipinski definition) is 3. The number of aromatic amines is 1. The number of H-pyrrole nitrogens is 1. The topological polar surface area (TPSA) is 75.0 Å². The summed E-state index contributed by atoms with van der Waals surface area (Å²) in [6.07, 6.45) is 2.45. The fraction of sp³-hybridized carbons (Fsp3) is 0.286. The summed E-state index contributed by atoms with van der Waals surface area (Å²) in [4.78, 5) is 14.3. The molecule has 0 saturated heterocycles. The summed E-state index contributed by atoms with van der Waals surface area (Å²) in [6, 6.07) is 9.82. The van der Waals surface area contributed by atoms with E-state index in [1.54, 1.807) is 12.3 Å². The number of carbonyl (C=O) groups is 1. The van der Waals surface area contributed by atoms with Gasteiger partial charge in [0.15, 0.2) is 0 Å². The molecule has 0 spiro atoms. The van der Waals surface area contributed by atoms with Crippen molar-refractivity contribution in [3.63, 3.8) is 0 Å². The van der Waals surface area contributed by atoms with Crippen molar-refractivity contribution in [2.75, 3.05) is 13.1 Å². The number of amides is 1. The van der Waals surface area contributed by atoms with E-state index in [4.69, 9.17) is 5.73 Å². The molecule has 0 radical (unpaired) electrons. The lowest BCUT2D eigenvalue weighted by Gasteiger charge is -2.36. The molecule has 1 atom stereocenters. The Morgan fingerprint density at radius 2 is 2.26 bits per heavy atom. The number of benzene rings is 1. The molecule has 0 bridgehead atoms. The molecule has 1 aromatic carbocycles. The van der Waals surface area contributed by atoms with E-state index in [1.165, 1.54) is 5.56 Å². The first-order valence-corrected chi connectivity index (χ1v) is 6.39. The molecular formula is C14H16N4O. The Hall–Kier alpha value is -2.14. The minimum absolute atomic E-state index is 0.0394. The van der Waals surface area contributed by atoms with E-state index >= 15 is 0 Å². The molecule has 1 amide bonds. The molecule has 3 N–H and O–H groups in total. The Balaban J connectivity index is 1.94. The SMILES string of the molecule is NCC1c2ccccc2CCN1C(=O)c1ccn[nH]1. The number of nitrogens with one attached hydrogen (secondary N) is 1. The zero-order chi connectivity index (χ0) is 13.2. The quantitative estimate of drug-likeness (QED) is 0.845. The third-order valence-corrected chi connectivity index (χ3v) is 3.63. The van der Waals surface area contributed by atoms with Crippen molar-refractivity contribution in [3.05, 3.63) is 53.3 Å². The molecule has 5 nitrogen and oxygen atoms in total. The highest BCUT2D eigenvalue weighted by atomic mass is 16.2.